The smallest absolute Gasteiger partial charge is 0.277 e. The number of non-ortho nitro benzene ring substituents is 1. The zero-order valence-corrected chi connectivity index (χ0v) is 17.8. The summed E-state index contributed by atoms with van der Waals surface area (Å²) in [5.74, 6) is 0.875. The minimum Gasteiger partial charge on any atom is -0.488 e. The number of nitro benzene ring substituents is 1. The van der Waals surface area contributed by atoms with Gasteiger partial charge < -0.3 is 9.47 Å². The molecule has 0 aliphatic heterocycles. The fourth-order valence-electron chi connectivity index (χ4n) is 2.96. The lowest BCUT2D eigenvalue weighted by Crippen LogP contribution is -2.25. The van der Waals surface area contributed by atoms with Crippen LogP contribution in [-0.4, -0.2) is 23.7 Å². The van der Waals surface area contributed by atoms with E-state index in [4.69, 9.17) is 9.47 Å². The van der Waals surface area contributed by atoms with E-state index in [0.717, 1.165) is 16.7 Å². The molecule has 0 aliphatic carbocycles. The van der Waals surface area contributed by atoms with E-state index in [9.17, 15) is 14.9 Å². The van der Waals surface area contributed by atoms with E-state index in [1.807, 2.05) is 44.2 Å². The van der Waals surface area contributed by atoms with Crippen molar-refractivity contribution in [1.82, 2.24) is 5.43 Å². The number of carbonyl (C=O) groups excluding carboxylic acids is 1. The summed E-state index contributed by atoms with van der Waals surface area (Å²) in [4.78, 5) is 22.4. The number of nitrogens with zero attached hydrogens (tertiary/aromatic N) is 2. The van der Waals surface area contributed by atoms with Crippen molar-refractivity contribution in [3.8, 4) is 11.5 Å². The predicted molar refractivity (Wildman–Crippen MR) is 121 cm³/mol. The molecule has 0 atom stereocenters. The van der Waals surface area contributed by atoms with E-state index in [2.05, 4.69) is 10.5 Å². The Kier molecular flexibility index (Phi) is 7.53. The fraction of sp³-hybridized carbons (Fsp3) is 0.167. The molecule has 0 fully saturated rings. The number of hydrogen-bond donors (Lipinski definition) is 1. The Hall–Kier alpha value is -4.20. The number of benzene rings is 3. The lowest BCUT2D eigenvalue weighted by molar-refractivity contribution is -0.384. The highest BCUT2D eigenvalue weighted by Gasteiger charge is 2.08. The summed E-state index contributed by atoms with van der Waals surface area (Å²) in [5.41, 5.74) is 5.85. The molecule has 1 N–H and O–H groups in total. The zero-order chi connectivity index (χ0) is 22.9. The van der Waals surface area contributed by atoms with E-state index in [0.29, 0.717) is 17.1 Å². The molecule has 0 aromatic heterocycles. The topological polar surface area (TPSA) is 103 Å². The third kappa shape index (κ3) is 6.15. The Bertz CT molecular complexity index is 1110. The van der Waals surface area contributed by atoms with E-state index < -0.39 is 4.92 Å². The average Bonchev–Trinajstić information content (AvgIpc) is 2.78. The number of rotatable bonds is 9. The van der Waals surface area contributed by atoms with Crippen LogP contribution in [0.4, 0.5) is 5.69 Å². The number of carbonyl (C=O) groups is 1. The number of amides is 1. The lowest BCUT2D eigenvalue weighted by Gasteiger charge is -2.11. The van der Waals surface area contributed by atoms with Crippen LogP contribution in [0.1, 0.15) is 22.3 Å². The molecule has 3 aromatic carbocycles. The summed E-state index contributed by atoms with van der Waals surface area (Å²) in [7, 11) is 0. The summed E-state index contributed by atoms with van der Waals surface area (Å²) in [6.45, 7) is 3.93. The van der Waals surface area contributed by atoms with Gasteiger partial charge in [0.2, 0.25) is 0 Å². The van der Waals surface area contributed by atoms with Crippen molar-refractivity contribution in [2.24, 2.45) is 5.10 Å². The van der Waals surface area contributed by atoms with E-state index >= 15 is 0 Å². The first-order chi connectivity index (χ1) is 15.4. The van der Waals surface area contributed by atoms with E-state index in [1.165, 1.54) is 18.3 Å². The summed E-state index contributed by atoms with van der Waals surface area (Å²) < 4.78 is 11.4. The van der Waals surface area contributed by atoms with Gasteiger partial charge in [-0.15, -0.1) is 0 Å². The van der Waals surface area contributed by atoms with Gasteiger partial charge in [-0.1, -0.05) is 30.3 Å². The van der Waals surface area contributed by atoms with E-state index in [-0.39, 0.29) is 24.8 Å². The third-order valence-corrected chi connectivity index (χ3v) is 4.61. The molecular weight excluding hydrogens is 410 g/mol. The summed E-state index contributed by atoms with van der Waals surface area (Å²) >= 11 is 0. The number of aryl methyl sites for hydroxylation is 2. The second-order valence-electron chi connectivity index (χ2n) is 7.05. The monoisotopic (exact) mass is 433 g/mol. The quantitative estimate of drug-likeness (QED) is 0.308. The first-order valence-corrected chi connectivity index (χ1v) is 9.90. The van der Waals surface area contributed by atoms with E-state index in [1.54, 1.807) is 24.3 Å². The molecule has 0 radical (unpaired) electrons. The van der Waals surface area contributed by atoms with Crippen LogP contribution in [-0.2, 0) is 11.4 Å². The zero-order valence-electron chi connectivity index (χ0n) is 17.8. The second kappa shape index (κ2) is 10.7. The van der Waals surface area contributed by atoms with Crippen molar-refractivity contribution in [2.75, 3.05) is 6.61 Å². The highest BCUT2D eigenvalue weighted by Crippen LogP contribution is 2.22. The Balaban J connectivity index is 1.54. The van der Waals surface area contributed by atoms with Crippen LogP contribution in [0.5, 0.6) is 11.5 Å². The molecule has 164 valence electrons. The van der Waals surface area contributed by atoms with Crippen LogP contribution < -0.4 is 14.9 Å². The Morgan fingerprint density at radius 3 is 2.38 bits per heavy atom. The standard InChI is InChI=1S/C24H23N3O5/c1-17-6-5-7-18(2)24(17)32-16-23(28)26-25-14-20-8-3-4-9-22(20)31-15-19-10-12-21(13-11-19)27(29)30/h3-14H,15-16H2,1-2H3,(H,26,28)/b25-14-. The average molecular weight is 433 g/mol. The highest BCUT2D eigenvalue weighted by atomic mass is 16.6. The largest absolute Gasteiger partial charge is 0.488 e. The minimum atomic E-state index is -0.447. The number of hydrogen-bond acceptors (Lipinski definition) is 6. The maximum Gasteiger partial charge on any atom is 0.277 e. The van der Waals surface area contributed by atoms with Crippen molar-refractivity contribution in [1.29, 1.82) is 0 Å². The normalized spacial score (nSPS) is 10.7. The summed E-state index contributed by atoms with van der Waals surface area (Å²) in [5, 5.41) is 14.7. The molecule has 0 bridgehead atoms. The molecule has 0 saturated heterocycles. The molecule has 0 spiro atoms. The molecule has 3 rings (SSSR count). The van der Waals surface area contributed by atoms with Gasteiger partial charge >= 0.3 is 0 Å². The van der Waals surface area contributed by atoms with Gasteiger partial charge in [-0.05, 0) is 54.8 Å². The molecule has 8 nitrogen and oxygen atoms in total. The lowest BCUT2D eigenvalue weighted by atomic mass is 10.1. The van der Waals surface area contributed by atoms with Gasteiger partial charge in [0.15, 0.2) is 6.61 Å². The van der Waals surface area contributed by atoms with Crippen molar-refractivity contribution < 1.29 is 19.2 Å². The minimum absolute atomic E-state index is 0.0265. The van der Waals surface area contributed by atoms with Crippen LogP contribution in [0.3, 0.4) is 0 Å². The number of ether oxygens (including phenoxy) is 2. The first-order valence-electron chi connectivity index (χ1n) is 9.90. The fourth-order valence-corrected chi connectivity index (χ4v) is 2.96. The van der Waals surface area contributed by atoms with Gasteiger partial charge in [-0.3, -0.25) is 14.9 Å². The Morgan fingerprint density at radius 1 is 1.00 bits per heavy atom. The Morgan fingerprint density at radius 2 is 1.69 bits per heavy atom. The molecule has 8 heteroatoms. The van der Waals surface area contributed by atoms with Gasteiger partial charge in [-0.25, -0.2) is 5.43 Å². The van der Waals surface area contributed by atoms with Crippen LogP contribution >= 0.6 is 0 Å². The van der Waals surface area contributed by atoms with Crippen LogP contribution in [0.25, 0.3) is 0 Å². The highest BCUT2D eigenvalue weighted by molar-refractivity contribution is 5.85. The van der Waals surface area contributed by atoms with Gasteiger partial charge in [0.05, 0.1) is 11.1 Å². The maximum atomic E-state index is 12.1. The Labute approximate surface area is 185 Å². The predicted octanol–water partition coefficient (Wildman–Crippen LogP) is 4.32. The van der Waals surface area contributed by atoms with Crippen molar-refractivity contribution >= 4 is 17.8 Å². The molecule has 3 aromatic rings. The van der Waals surface area contributed by atoms with Crippen molar-refractivity contribution in [3.63, 3.8) is 0 Å². The van der Waals surface area contributed by atoms with Gasteiger partial charge in [0.1, 0.15) is 18.1 Å². The van der Waals surface area contributed by atoms with Crippen molar-refractivity contribution in [3.05, 3.63) is 99.1 Å². The molecule has 0 aliphatic rings. The number of nitro groups is 1. The van der Waals surface area contributed by atoms with Gasteiger partial charge in [0, 0.05) is 17.7 Å². The van der Waals surface area contributed by atoms with Crippen LogP contribution in [0, 0.1) is 24.0 Å². The number of nitrogens with one attached hydrogen (secondary N) is 1. The van der Waals surface area contributed by atoms with Crippen LogP contribution in [0.15, 0.2) is 71.8 Å². The molecular formula is C24H23N3O5. The summed E-state index contributed by atoms with van der Waals surface area (Å²) in [6.07, 6.45) is 1.49. The van der Waals surface area contributed by atoms with Gasteiger partial charge in [0.25, 0.3) is 11.6 Å². The maximum absolute atomic E-state index is 12.1. The number of para-hydroxylation sites is 2. The molecule has 32 heavy (non-hydrogen) atoms. The molecule has 1 amide bonds. The summed E-state index contributed by atoms with van der Waals surface area (Å²) in [6, 6.07) is 19.2. The molecule has 0 unspecified atom stereocenters. The SMILES string of the molecule is Cc1cccc(C)c1OCC(=O)N/N=C\c1ccccc1OCc1ccc([N+](=O)[O-])cc1. The van der Waals surface area contributed by atoms with Crippen molar-refractivity contribution in [2.45, 2.75) is 20.5 Å². The molecule has 0 saturated carbocycles. The first kappa shape index (κ1) is 22.5. The van der Waals surface area contributed by atoms with Crippen LogP contribution in [0.2, 0.25) is 0 Å². The third-order valence-electron chi connectivity index (χ3n) is 4.61. The number of hydrazone groups is 1. The van der Waals surface area contributed by atoms with Gasteiger partial charge in [-0.2, -0.15) is 5.10 Å². The molecule has 0 heterocycles. The second-order valence-corrected chi connectivity index (χ2v) is 7.05.